The number of hydrogen-bond acceptors (Lipinski definition) is 12. The van der Waals surface area contributed by atoms with Crippen molar-refractivity contribution in [1.82, 2.24) is 10.2 Å². The highest BCUT2D eigenvalue weighted by Gasteiger charge is 2.41. The molecule has 2 aliphatic rings. The lowest BCUT2D eigenvalue weighted by Crippen LogP contribution is -2.38. The summed E-state index contributed by atoms with van der Waals surface area (Å²) in [6.07, 6.45) is 1.62. The number of nitrogens with zero attached hydrogens (tertiary/aromatic N) is 4. The Labute approximate surface area is 261 Å². The molecule has 2 heterocycles. The van der Waals surface area contributed by atoms with Gasteiger partial charge in [-0.2, -0.15) is 5.26 Å². The fourth-order valence-corrected chi connectivity index (χ4v) is 6.93. The SMILES string of the molecule is COc1cc(NC(=O)CSc2nnc(N3C(N)=C(C#N)C(c4ccc(Cl)cc4)C4=C3CCCC4=O)s2)cc(OC)c1OC. The average molecular weight is 639 g/mol. The van der Waals surface area contributed by atoms with Crippen molar-refractivity contribution in [1.29, 1.82) is 5.26 Å². The van der Waals surface area contributed by atoms with Crippen LogP contribution in [0.1, 0.15) is 30.7 Å². The molecule has 1 aliphatic carbocycles. The molecule has 0 fully saturated rings. The van der Waals surface area contributed by atoms with Gasteiger partial charge in [-0.1, -0.05) is 46.8 Å². The summed E-state index contributed by atoms with van der Waals surface area (Å²) in [5, 5.41) is 22.5. The van der Waals surface area contributed by atoms with Crippen LogP contribution >= 0.6 is 34.7 Å². The molecule has 11 nitrogen and oxygen atoms in total. The summed E-state index contributed by atoms with van der Waals surface area (Å²) < 4.78 is 16.5. The van der Waals surface area contributed by atoms with E-state index in [4.69, 9.17) is 31.5 Å². The zero-order valence-electron chi connectivity index (χ0n) is 23.5. The number of nitriles is 1. The summed E-state index contributed by atoms with van der Waals surface area (Å²) in [6.45, 7) is 0. The number of allylic oxidation sites excluding steroid dienone is 3. The van der Waals surface area contributed by atoms with Crippen LogP contribution in [-0.4, -0.2) is 49.0 Å². The van der Waals surface area contributed by atoms with E-state index in [2.05, 4.69) is 21.6 Å². The van der Waals surface area contributed by atoms with Crippen molar-refractivity contribution >= 4 is 57.2 Å². The second-order valence-corrected chi connectivity index (χ2v) is 12.1. The Morgan fingerprint density at radius 1 is 1.16 bits per heavy atom. The summed E-state index contributed by atoms with van der Waals surface area (Å²) >= 11 is 8.52. The van der Waals surface area contributed by atoms with E-state index in [9.17, 15) is 14.9 Å². The number of amides is 1. The van der Waals surface area contributed by atoms with Crippen LogP contribution in [0.15, 0.2) is 63.4 Å². The number of anilines is 2. The van der Waals surface area contributed by atoms with Crippen LogP contribution in [0, 0.1) is 11.3 Å². The van der Waals surface area contributed by atoms with E-state index < -0.39 is 5.92 Å². The van der Waals surface area contributed by atoms with Gasteiger partial charge in [0.15, 0.2) is 21.6 Å². The second kappa shape index (κ2) is 12.9. The van der Waals surface area contributed by atoms with Crippen molar-refractivity contribution in [2.45, 2.75) is 29.5 Å². The third-order valence-electron chi connectivity index (χ3n) is 6.98. The summed E-state index contributed by atoms with van der Waals surface area (Å²) in [5.41, 5.74) is 9.35. The number of hydrogen-bond donors (Lipinski definition) is 2. The molecule has 1 aliphatic heterocycles. The number of carbonyl (C=O) groups is 2. The van der Waals surface area contributed by atoms with E-state index in [1.165, 1.54) is 44.4 Å². The van der Waals surface area contributed by atoms with Gasteiger partial charge < -0.3 is 25.3 Å². The van der Waals surface area contributed by atoms with E-state index in [-0.39, 0.29) is 28.8 Å². The summed E-state index contributed by atoms with van der Waals surface area (Å²) in [7, 11) is 4.49. The standard InChI is InChI=1S/C29H27ClN6O5S2/c1-39-21-11-17(12-22(40-2)26(21)41-3)33-23(38)14-42-29-35-34-28(43-29)36-19-5-4-6-20(37)25(19)24(18(13-31)27(36)32)15-7-9-16(30)10-8-15/h7-12,24H,4-6,14,32H2,1-3H3,(H,33,38). The van der Waals surface area contributed by atoms with Crippen molar-refractivity contribution in [3.05, 3.63) is 69.6 Å². The molecule has 0 spiro atoms. The molecule has 3 N–H and O–H groups in total. The second-order valence-electron chi connectivity index (χ2n) is 9.47. The van der Waals surface area contributed by atoms with Gasteiger partial charge in [-0.3, -0.25) is 14.5 Å². The average Bonchev–Trinajstić information content (AvgIpc) is 3.48. The van der Waals surface area contributed by atoms with Crippen LogP contribution in [0.2, 0.25) is 5.02 Å². The zero-order valence-corrected chi connectivity index (χ0v) is 25.9. The highest BCUT2D eigenvalue weighted by atomic mass is 35.5. The molecule has 1 atom stereocenters. The van der Waals surface area contributed by atoms with E-state index in [1.54, 1.807) is 29.2 Å². The Kier molecular flexibility index (Phi) is 9.10. The van der Waals surface area contributed by atoms with E-state index in [1.807, 2.05) is 12.1 Å². The van der Waals surface area contributed by atoms with Gasteiger partial charge in [0.1, 0.15) is 5.82 Å². The molecule has 0 saturated heterocycles. The molecule has 14 heteroatoms. The summed E-state index contributed by atoms with van der Waals surface area (Å²) in [4.78, 5) is 27.7. The summed E-state index contributed by atoms with van der Waals surface area (Å²) in [5.74, 6) is 0.576. The molecule has 1 unspecified atom stereocenters. The lowest BCUT2D eigenvalue weighted by atomic mass is 9.76. The molecular formula is C29H27ClN6O5S2. The maximum atomic E-state index is 13.3. The van der Waals surface area contributed by atoms with Crippen LogP contribution in [-0.2, 0) is 9.59 Å². The fraction of sp³-hybridized carbons (Fsp3) is 0.276. The Balaban J connectivity index is 1.37. The lowest BCUT2D eigenvalue weighted by molar-refractivity contribution is -0.116. The van der Waals surface area contributed by atoms with Crippen molar-refractivity contribution in [2.75, 3.05) is 37.3 Å². The van der Waals surface area contributed by atoms with Crippen molar-refractivity contribution in [2.24, 2.45) is 5.73 Å². The number of Topliss-reactive ketones (excluding diaryl/α,β-unsaturated/α-hetero) is 1. The van der Waals surface area contributed by atoms with Gasteiger partial charge in [-0.05, 0) is 30.5 Å². The van der Waals surface area contributed by atoms with E-state index in [0.717, 1.165) is 5.56 Å². The predicted molar refractivity (Wildman–Crippen MR) is 165 cm³/mol. The van der Waals surface area contributed by atoms with Crippen molar-refractivity contribution < 1.29 is 23.8 Å². The lowest BCUT2D eigenvalue weighted by Gasteiger charge is -2.38. The topological polar surface area (TPSA) is 153 Å². The number of thioether (sulfide) groups is 1. The first-order valence-electron chi connectivity index (χ1n) is 13.1. The number of carbonyl (C=O) groups excluding carboxylic acids is 2. The van der Waals surface area contributed by atoms with Crippen LogP contribution in [0.4, 0.5) is 10.8 Å². The Bertz CT molecular complexity index is 1660. The predicted octanol–water partition coefficient (Wildman–Crippen LogP) is 5.25. The maximum Gasteiger partial charge on any atom is 0.234 e. The molecule has 1 amide bonds. The van der Waals surface area contributed by atoms with Crippen molar-refractivity contribution in [3.63, 3.8) is 0 Å². The molecular weight excluding hydrogens is 612 g/mol. The number of rotatable bonds is 9. The van der Waals surface area contributed by atoms with Crippen LogP contribution in [0.5, 0.6) is 17.2 Å². The first-order chi connectivity index (χ1) is 20.8. The number of ether oxygens (including phenoxy) is 3. The number of benzene rings is 2. The molecule has 1 aromatic heterocycles. The van der Waals surface area contributed by atoms with Gasteiger partial charge in [0.2, 0.25) is 16.8 Å². The number of aromatic nitrogens is 2. The quantitative estimate of drug-likeness (QED) is 0.295. The molecule has 2 aromatic carbocycles. The summed E-state index contributed by atoms with van der Waals surface area (Å²) in [6, 6.07) is 12.6. The zero-order chi connectivity index (χ0) is 30.7. The Morgan fingerprint density at radius 2 is 1.86 bits per heavy atom. The number of nitrogens with two attached hydrogens (primary N) is 1. The van der Waals surface area contributed by atoms with E-state index >= 15 is 0 Å². The molecule has 3 aromatic rings. The molecule has 5 rings (SSSR count). The van der Waals surface area contributed by atoms with Crippen molar-refractivity contribution in [3.8, 4) is 23.3 Å². The fourth-order valence-electron chi connectivity index (χ4n) is 5.12. The Hall–Kier alpha value is -4.25. The van der Waals surface area contributed by atoms with Gasteiger partial charge in [0.05, 0.1) is 44.6 Å². The van der Waals surface area contributed by atoms with Gasteiger partial charge >= 0.3 is 0 Å². The minimum absolute atomic E-state index is 0.0333. The van der Waals surface area contributed by atoms with Crippen LogP contribution in [0.25, 0.3) is 0 Å². The first-order valence-corrected chi connectivity index (χ1v) is 15.2. The van der Waals surface area contributed by atoms with Gasteiger partial charge in [-0.25, -0.2) is 0 Å². The largest absolute Gasteiger partial charge is 0.493 e. The highest BCUT2D eigenvalue weighted by molar-refractivity contribution is 8.01. The van der Waals surface area contributed by atoms with Crippen LogP contribution < -0.4 is 30.2 Å². The molecule has 43 heavy (non-hydrogen) atoms. The first kappa shape index (κ1) is 30.2. The minimum atomic E-state index is -0.595. The maximum absolute atomic E-state index is 13.3. The highest BCUT2D eigenvalue weighted by Crippen LogP contribution is 2.47. The van der Waals surface area contributed by atoms with E-state index in [0.29, 0.717) is 68.0 Å². The van der Waals surface area contributed by atoms with Gasteiger partial charge in [-0.15, -0.1) is 10.2 Å². The third kappa shape index (κ3) is 5.99. The number of halogens is 1. The molecule has 0 bridgehead atoms. The molecule has 222 valence electrons. The van der Waals surface area contributed by atoms with Gasteiger partial charge in [0, 0.05) is 40.5 Å². The Morgan fingerprint density at radius 3 is 2.49 bits per heavy atom. The van der Waals surface area contributed by atoms with Gasteiger partial charge in [0.25, 0.3) is 0 Å². The molecule has 0 radical (unpaired) electrons. The number of ketones is 1. The molecule has 0 saturated carbocycles. The monoisotopic (exact) mass is 638 g/mol. The normalized spacial score (nSPS) is 16.5. The number of nitrogens with one attached hydrogen (secondary N) is 1. The number of methoxy groups -OCH3 is 3. The van der Waals surface area contributed by atoms with Crippen LogP contribution in [0.3, 0.4) is 0 Å². The third-order valence-corrected chi connectivity index (χ3v) is 9.27. The minimum Gasteiger partial charge on any atom is -0.493 e. The smallest absolute Gasteiger partial charge is 0.234 e.